The number of benzene rings is 4. The van der Waals surface area contributed by atoms with Gasteiger partial charge in [-0.05, 0) is 60.8 Å². The van der Waals surface area contributed by atoms with Gasteiger partial charge in [-0.1, -0.05) is 189 Å². The van der Waals surface area contributed by atoms with E-state index in [0.717, 1.165) is 0 Å². The molecular formula is C40H58Y. The van der Waals surface area contributed by atoms with Gasteiger partial charge in [-0.15, -0.1) is 0 Å². The van der Waals surface area contributed by atoms with Gasteiger partial charge in [0, 0.05) is 32.7 Å². The number of hydrogen-bond acceptors (Lipinski definition) is 0. The molecule has 1 heteroatoms. The van der Waals surface area contributed by atoms with Crippen molar-refractivity contribution in [3.63, 3.8) is 0 Å². The molecule has 0 saturated heterocycles. The number of hydrogen-bond donors (Lipinski definition) is 0. The van der Waals surface area contributed by atoms with Crippen molar-refractivity contribution in [1.82, 2.24) is 0 Å². The summed E-state index contributed by atoms with van der Waals surface area (Å²) in [4.78, 5) is 0. The summed E-state index contributed by atoms with van der Waals surface area (Å²) in [6.45, 7) is 16.1. The first kappa shape index (κ1) is 45.5. The van der Waals surface area contributed by atoms with Crippen LogP contribution in [0.5, 0.6) is 0 Å². The van der Waals surface area contributed by atoms with Crippen LogP contribution in [0.3, 0.4) is 0 Å². The van der Waals surface area contributed by atoms with E-state index >= 15 is 0 Å². The van der Waals surface area contributed by atoms with Crippen molar-refractivity contribution in [2.45, 2.75) is 82.1 Å². The molecule has 0 aliphatic rings. The van der Waals surface area contributed by atoms with E-state index in [2.05, 4.69) is 120 Å². The maximum atomic E-state index is 3.66. The van der Waals surface area contributed by atoms with Gasteiger partial charge in [0.15, 0.2) is 0 Å². The molecule has 41 heavy (non-hydrogen) atoms. The maximum Gasteiger partial charge on any atom is 0 e. The second-order valence-corrected chi connectivity index (χ2v) is 9.29. The molecule has 0 nitrogen and oxygen atoms in total. The average molecular weight is 628 g/mol. The molecule has 0 spiro atoms. The molecule has 0 N–H and O–H groups in total. The van der Waals surface area contributed by atoms with E-state index in [9.17, 15) is 0 Å². The van der Waals surface area contributed by atoms with E-state index < -0.39 is 0 Å². The monoisotopic (exact) mass is 627 g/mol. The van der Waals surface area contributed by atoms with Gasteiger partial charge in [-0.2, -0.15) is 0 Å². The van der Waals surface area contributed by atoms with Crippen molar-refractivity contribution in [3.05, 3.63) is 156 Å². The molecule has 1 radical (unpaired) electrons. The first-order valence-corrected chi connectivity index (χ1v) is 12.9. The molecule has 0 aromatic heterocycles. The van der Waals surface area contributed by atoms with Gasteiger partial charge in [0.1, 0.15) is 0 Å². The largest absolute Gasteiger partial charge is 0.0985 e. The fourth-order valence-electron chi connectivity index (χ4n) is 4.01. The summed E-state index contributed by atoms with van der Waals surface area (Å²) in [7, 11) is 0. The zero-order valence-electron chi connectivity index (χ0n) is 23.1. The Labute approximate surface area is 280 Å². The minimum atomic E-state index is 0. The third kappa shape index (κ3) is 17.8. The minimum absolute atomic E-state index is 0. The van der Waals surface area contributed by atoms with Gasteiger partial charge >= 0.3 is 0 Å². The molecule has 2 atom stereocenters. The molecular weight excluding hydrogens is 569 g/mol. The van der Waals surface area contributed by atoms with E-state index in [1.165, 1.54) is 46.2 Å². The predicted molar refractivity (Wildman–Crippen MR) is 188 cm³/mol. The summed E-state index contributed by atoms with van der Waals surface area (Å²) < 4.78 is 0. The van der Waals surface area contributed by atoms with Gasteiger partial charge in [-0.25, -0.2) is 0 Å². The quantitative estimate of drug-likeness (QED) is 0.191. The molecule has 0 amide bonds. The zero-order valence-corrected chi connectivity index (χ0v) is 25.9. The van der Waals surface area contributed by atoms with Crippen molar-refractivity contribution < 1.29 is 32.7 Å². The van der Waals surface area contributed by atoms with E-state index in [1.807, 2.05) is 42.5 Å². The van der Waals surface area contributed by atoms with Crippen LogP contribution < -0.4 is 0 Å². The van der Waals surface area contributed by atoms with E-state index in [0.29, 0.717) is 11.8 Å². The summed E-state index contributed by atoms with van der Waals surface area (Å²) in [5.74, 6) is 1.28. The van der Waals surface area contributed by atoms with Gasteiger partial charge < -0.3 is 0 Å². The van der Waals surface area contributed by atoms with Gasteiger partial charge in [-0.3, -0.25) is 0 Å². The number of rotatable bonds is 7. The summed E-state index contributed by atoms with van der Waals surface area (Å²) in [6.07, 6.45) is 6.11. The van der Waals surface area contributed by atoms with Gasteiger partial charge in [0.05, 0.1) is 0 Å². The zero-order chi connectivity index (χ0) is 26.2. The molecule has 221 valence electrons. The van der Waals surface area contributed by atoms with Crippen molar-refractivity contribution in [2.24, 2.45) is 0 Å². The van der Waals surface area contributed by atoms with Gasteiger partial charge in [0.25, 0.3) is 0 Å². The molecule has 0 saturated carbocycles. The summed E-state index contributed by atoms with van der Waals surface area (Å²) in [5, 5.41) is 0. The molecule has 4 aromatic carbocycles. The Balaban J connectivity index is -0.000000265. The average Bonchev–Trinajstić information content (AvgIpc) is 2.94. The van der Waals surface area contributed by atoms with Crippen LogP contribution in [-0.4, -0.2) is 0 Å². The molecule has 0 fully saturated rings. The van der Waals surface area contributed by atoms with Crippen molar-refractivity contribution in [3.8, 4) is 0 Å². The third-order valence-electron chi connectivity index (χ3n) is 6.40. The fraction of sp³-hybridized carbons (Fsp3) is 0.300. The Bertz CT molecular complexity index is 1130. The summed E-state index contributed by atoms with van der Waals surface area (Å²) in [5.41, 5.74) is 7.92. The van der Waals surface area contributed by atoms with Crippen LogP contribution in [-0.2, 0) is 32.7 Å². The normalized spacial score (nSPS) is 10.1. The maximum absolute atomic E-state index is 3.66. The van der Waals surface area contributed by atoms with Crippen molar-refractivity contribution in [1.29, 1.82) is 0 Å². The summed E-state index contributed by atoms with van der Waals surface area (Å²) >= 11 is 0. The van der Waals surface area contributed by atoms with Crippen molar-refractivity contribution >= 4 is 12.2 Å². The van der Waals surface area contributed by atoms with E-state index in [1.54, 1.807) is 0 Å². The molecule has 0 heterocycles. The molecule has 0 bridgehead atoms. The Morgan fingerprint density at radius 3 is 1.34 bits per heavy atom. The smallest absolute Gasteiger partial charge is 0 e. The van der Waals surface area contributed by atoms with Crippen LogP contribution in [0.1, 0.15) is 102 Å². The molecule has 0 aliphatic carbocycles. The van der Waals surface area contributed by atoms with Crippen molar-refractivity contribution in [2.75, 3.05) is 0 Å². The number of aryl methyl sites for hydroxylation is 2. The topological polar surface area (TPSA) is 0 Å². The standard InChI is InChI=1S/C19H24.C9H10.C8H8.4CH4.Y/c1-4-17(19-8-6-5-7-9-19)14-16(3)18-12-10-15(2)11-13-18;1-3-9-6-4-8(2)5-7-9;1-2-8-6-4-3-5-7-8;;;;;/h5-13,16-17H,4,14H2,1-3H3;3-7H,1H2,2H3;2-7H,1H2;4*1H4;. The van der Waals surface area contributed by atoms with E-state index in [-0.39, 0.29) is 62.4 Å². The van der Waals surface area contributed by atoms with E-state index in [4.69, 9.17) is 0 Å². The van der Waals surface area contributed by atoms with Crippen LogP contribution in [0.4, 0.5) is 0 Å². The van der Waals surface area contributed by atoms with Crippen LogP contribution in [0, 0.1) is 13.8 Å². The molecule has 4 rings (SSSR count). The minimum Gasteiger partial charge on any atom is -0.0985 e. The summed E-state index contributed by atoms with van der Waals surface area (Å²) in [6, 6.07) is 38.2. The molecule has 0 aliphatic heterocycles. The second kappa shape index (κ2) is 26.4. The Hall–Kier alpha value is -2.54. The Morgan fingerprint density at radius 1 is 0.561 bits per heavy atom. The SMILES string of the molecule is C.C.C.C.C=Cc1ccc(C)cc1.C=Cc1ccccc1.CCC(CC(C)c1ccc(C)cc1)c1ccccc1.[Y]. The van der Waals surface area contributed by atoms with Crippen LogP contribution in [0.25, 0.3) is 12.2 Å². The van der Waals surface area contributed by atoms with Crippen LogP contribution in [0.15, 0.2) is 122 Å². The first-order chi connectivity index (χ1) is 17.5. The van der Waals surface area contributed by atoms with Crippen LogP contribution in [0.2, 0.25) is 0 Å². The third-order valence-corrected chi connectivity index (χ3v) is 6.40. The Kier molecular flexibility index (Phi) is 29.2. The first-order valence-electron chi connectivity index (χ1n) is 12.9. The van der Waals surface area contributed by atoms with Crippen LogP contribution >= 0.6 is 0 Å². The molecule has 2 unspecified atom stereocenters. The predicted octanol–water partition coefficient (Wildman–Crippen LogP) is 13.2. The van der Waals surface area contributed by atoms with Gasteiger partial charge in [0.2, 0.25) is 0 Å². The molecule has 4 aromatic rings. The fourth-order valence-corrected chi connectivity index (χ4v) is 4.01. The Morgan fingerprint density at radius 2 is 0.951 bits per heavy atom. The second-order valence-electron chi connectivity index (χ2n) is 9.29.